The van der Waals surface area contributed by atoms with Gasteiger partial charge in [0.05, 0.1) is 0 Å². The molecule has 0 fully saturated rings. The van der Waals surface area contributed by atoms with E-state index in [-0.39, 0.29) is 0 Å². The van der Waals surface area contributed by atoms with Gasteiger partial charge < -0.3 is 9.47 Å². The Morgan fingerprint density at radius 1 is 1.00 bits per heavy atom. The average Bonchev–Trinajstić information content (AvgIpc) is 2.52. The number of benzene rings is 2. The highest BCUT2D eigenvalue weighted by molar-refractivity contribution is 7.98. The summed E-state index contributed by atoms with van der Waals surface area (Å²) in [5, 5.41) is 9.19. The molecule has 0 amide bonds. The van der Waals surface area contributed by atoms with Crippen LogP contribution >= 0.6 is 11.8 Å². The van der Waals surface area contributed by atoms with Crippen molar-refractivity contribution in [2.45, 2.75) is 4.90 Å². The Labute approximate surface area is 123 Å². The maximum absolute atomic E-state index is 9.19. The quantitative estimate of drug-likeness (QED) is 0.599. The summed E-state index contributed by atoms with van der Waals surface area (Å²) in [7, 11) is 0. The molecule has 0 bridgehead atoms. The molecule has 0 radical (unpaired) electrons. The fourth-order valence-electron chi connectivity index (χ4n) is 1.74. The minimum absolute atomic E-state index is 0.404. The molecule has 2 aromatic carbocycles. The van der Waals surface area contributed by atoms with Crippen molar-refractivity contribution in [1.82, 2.24) is 0 Å². The monoisotopic (exact) mass is 285 g/mol. The molecule has 0 saturated carbocycles. The Balaban J connectivity index is 1.90. The molecule has 2 aromatic rings. The number of nitriles is 1. The number of nitrogens with zero attached hydrogens (tertiary/aromatic N) is 1. The van der Waals surface area contributed by atoms with Gasteiger partial charge in [0, 0.05) is 4.90 Å². The van der Waals surface area contributed by atoms with Crippen molar-refractivity contribution in [3.8, 4) is 17.6 Å². The molecule has 2 rings (SSSR count). The Hall–Kier alpha value is -2.12. The van der Waals surface area contributed by atoms with Crippen LogP contribution in [-0.2, 0) is 0 Å². The molecule has 0 unspecified atom stereocenters. The zero-order chi connectivity index (χ0) is 14.2. The molecule has 3 nitrogen and oxygen atoms in total. The van der Waals surface area contributed by atoms with E-state index in [0.717, 1.165) is 10.6 Å². The summed E-state index contributed by atoms with van der Waals surface area (Å²) >= 11 is 1.54. The van der Waals surface area contributed by atoms with Crippen LogP contribution in [0.15, 0.2) is 53.4 Å². The smallest absolute Gasteiger partial charge is 0.138 e. The predicted molar refractivity (Wildman–Crippen MR) is 80.4 cm³/mol. The average molecular weight is 285 g/mol. The molecule has 0 aliphatic heterocycles. The van der Waals surface area contributed by atoms with Crippen LogP contribution < -0.4 is 9.47 Å². The number of hydrogen-bond acceptors (Lipinski definition) is 4. The van der Waals surface area contributed by atoms with Crippen molar-refractivity contribution in [2.24, 2.45) is 0 Å². The zero-order valence-corrected chi connectivity index (χ0v) is 12.0. The first-order valence-electron chi connectivity index (χ1n) is 6.23. The van der Waals surface area contributed by atoms with E-state index in [9.17, 15) is 5.26 Å². The third-order valence-corrected chi connectivity index (χ3v) is 3.45. The molecule has 20 heavy (non-hydrogen) atoms. The summed E-state index contributed by atoms with van der Waals surface area (Å²) < 4.78 is 11.2. The van der Waals surface area contributed by atoms with E-state index in [1.54, 1.807) is 6.07 Å². The third kappa shape index (κ3) is 3.69. The van der Waals surface area contributed by atoms with Crippen LogP contribution in [0.2, 0.25) is 0 Å². The summed E-state index contributed by atoms with van der Waals surface area (Å²) in [5.74, 6) is 1.42. The molecular weight excluding hydrogens is 270 g/mol. The first-order valence-corrected chi connectivity index (χ1v) is 7.45. The summed E-state index contributed by atoms with van der Waals surface area (Å²) in [4.78, 5) is 0.925. The first kappa shape index (κ1) is 14.3. The van der Waals surface area contributed by atoms with E-state index in [2.05, 4.69) is 6.07 Å². The van der Waals surface area contributed by atoms with Gasteiger partial charge in [-0.2, -0.15) is 5.26 Å². The van der Waals surface area contributed by atoms with Crippen molar-refractivity contribution in [3.05, 3.63) is 54.1 Å². The van der Waals surface area contributed by atoms with Crippen molar-refractivity contribution < 1.29 is 9.47 Å². The standard InChI is InChI=1S/C16H15NO2S/c1-20-16-9-5-8-15(14(16)12-17)19-11-10-18-13-6-3-2-4-7-13/h2-9H,10-11H2,1H3. The van der Waals surface area contributed by atoms with Crippen LogP contribution in [-0.4, -0.2) is 19.5 Å². The first-order chi connectivity index (χ1) is 9.85. The van der Waals surface area contributed by atoms with Crippen molar-refractivity contribution >= 4 is 11.8 Å². The Morgan fingerprint density at radius 2 is 1.75 bits per heavy atom. The van der Waals surface area contributed by atoms with Gasteiger partial charge in [-0.05, 0) is 30.5 Å². The number of thioether (sulfide) groups is 1. The molecule has 0 heterocycles. The highest BCUT2D eigenvalue weighted by Crippen LogP contribution is 2.27. The molecule has 0 N–H and O–H groups in total. The number of para-hydroxylation sites is 1. The van der Waals surface area contributed by atoms with E-state index >= 15 is 0 Å². The van der Waals surface area contributed by atoms with Crippen LogP contribution in [0.5, 0.6) is 11.5 Å². The zero-order valence-electron chi connectivity index (χ0n) is 11.2. The fourth-order valence-corrected chi connectivity index (χ4v) is 2.30. The Bertz CT molecular complexity index is 593. The highest BCUT2D eigenvalue weighted by Gasteiger charge is 2.08. The van der Waals surface area contributed by atoms with E-state index in [1.165, 1.54) is 11.8 Å². The molecule has 0 saturated heterocycles. The highest BCUT2D eigenvalue weighted by atomic mass is 32.2. The second-order valence-corrected chi connectivity index (χ2v) is 4.80. The van der Waals surface area contributed by atoms with Crippen LogP contribution in [0.4, 0.5) is 0 Å². The Morgan fingerprint density at radius 3 is 2.45 bits per heavy atom. The topological polar surface area (TPSA) is 42.2 Å². The second kappa shape index (κ2) is 7.46. The van der Waals surface area contributed by atoms with E-state index in [4.69, 9.17) is 9.47 Å². The van der Waals surface area contributed by atoms with E-state index in [0.29, 0.717) is 24.5 Å². The van der Waals surface area contributed by atoms with Gasteiger partial charge in [-0.25, -0.2) is 0 Å². The normalized spacial score (nSPS) is 9.80. The van der Waals surface area contributed by atoms with Gasteiger partial charge >= 0.3 is 0 Å². The minimum atomic E-state index is 0.404. The van der Waals surface area contributed by atoms with Gasteiger partial charge in [-0.15, -0.1) is 11.8 Å². The summed E-state index contributed by atoms with van der Waals surface area (Å²) in [5.41, 5.74) is 0.583. The molecule has 0 aliphatic carbocycles. The van der Waals surface area contributed by atoms with Crippen molar-refractivity contribution in [1.29, 1.82) is 5.26 Å². The molecule has 102 valence electrons. The maximum Gasteiger partial charge on any atom is 0.138 e. The second-order valence-electron chi connectivity index (χ2n) is 3.96. The van der Waals surface area contributed by atoms with Crippen molar-refractivity contribution in [3.63, 3.8) is 0 Å². The fraction of sp³-hybridized carbons (Fsp3) is 0.188. The third-order valence-electron chi connectivity index (χ3n) is 2.67. The van der Waals surface area contributed by atoms with Crippen molar-refractivity contribution in [2.75, 3.05) is 19.5 Å². The van der Waals surface area contributed by atoms with E-state index in [1.807, 2.05) is 48.7 Å². The number of rotatable bonds is 6. The molecule has 0 aliphatic rings. The lowest BCUT2D eigenvalue weighted by Crippen LogP contribution is -2.09. The van der Waals surface area contributed by atoms with Gasteiger partial charge in [0.2, 0.25) is 0 Å². The lowest BCUT2D eigenvalue weighted by Gasteiger charge is -2.10. The largest absolute Gasteiger partial charge is 0.490 e. The molecule has 0 spiro atoms. The van der Waals surface area contributed by atoms with Crippen LogP contribution in [0.3, 0.4) is 0 Å². The van der Waals surface area contributed by atoms with Gasteiger partial charge in [-0.3, -0.25) is 0 Å². The number of hydrogen-bond donors (Lipinski definition) is 0. The lowest BCUT2D eigenvalue weighted by atomic mass is 10.2. The Kier molecular flexibility index (Phi) is 5.33. The van der Waals surface area contributed by atoms with Crippen LogP contribution in [0, 0.1) is 11.3 Å². The molecule has 0 aromatic heterocycles. The van der Waals surface area contributed by atoms with Crippen LogP contribution in [0.25, 0.3) is 0 Å². The van der Waals surface area contributed by atoms with E-state index < -0.39 is 0 Å². The predicted octanol–water partition coefficient (Wildman–Crippen LogP) is 3.74. The van der Waals surface area contributed by atoms with Gasteiger partial charge in [0.1, 0.15) is 36.3 Å². The minimum Gasteiger partial charge on any atom is -0.490 e. The van der Waals surface area contributed by atoms with Crippen LogP contribution in [0.1, 0.15) is 5.56 Å². The lowest BCUT2D eigenvalue weighted by molar-refractivity contribution is 0.216. The molecule has 0 atom stereocenters. The number of ether oxygens (including phenoxy) is 2. The molecule has 4 heteroatoms. The molecular formula is C16H15NO2S. The van der Waals surface area contributed by atoms with Gasteiger partial charge in [-0.1, -0.05) is 24.3 Å². The van der Waals surface area contributed by atoms with Gasteiger partial charge in [0.15, 0.2) is 0 Å². The summed E-state index contributed by atoms with van der Waals surface area (Å²) in [6, 6.07) is 17.4. The van der Waals surface area contributed by atoms with Gasteiger partial charge in [0.25, 0.3) is 0 Å². The summed E-state index contributed by atoms with van der Waals surface area (Å²) in [6.07, 6.45) is 1.94. The SMILES string of the molecule is CSc1cccc(OCCOc2ccccc2)c1C#N. The maximum atomic E-state index is 9.19. The summed E-state index contributed by atoms with van der Waals surface area (Å²) in [6.45, 7) is 0.847.